The van der Waals surface area contributed by atoms with Crippen LogP contribution in [0.2, 0.25) is 5.02 Å². The number of alkyl halides is 2. The van der Waals surface area contributed by atoms with Gasteiger partial charge < -0.3 is 24.7 Å². The zero-order valence-corrected chi connectivity index (χ0v) is 24.4. The number of thioether (sulfide) groups is 1. The average Bonchev–Trinajstić information content (AvgIpc) is 3.27. The van der Waals surface area contributed by atoms with Gasteiger partial charge in [-0.1, -0.05) is 11.6 Å². The number of aryl methyl sites for hydroxylation is 1. The molecule has 1 atom stereocenters. The molecule has 1 saturated carbocycles. The highest BCUT2D eigenvalue weighted by Gasteiger charge is 2.51. The molecule has 0 spiro atoms. The van der Waals surface area contributed by atoms with Gasteiger partial charge in [-0.2, -0.15) is 0 Å². The molecule has 1 aliphatic carbocycles. The molecule has 12 heteroatoms. The number of nitrogens with zero attached hydrogens (tertiary/aromatic N) is 1. The van der Waals surface area contributed by atoms with Gasteiger partial charge in [0.05, 0.1) is 18.1 Å². The monoisotopic (exact) mass is 595 g/mol. The summed E-state index contributed by atoms with van der Waals surface area (Å²) < 4.78 is 39.0. The van der Waals surface area contributed by atoms with Crippen LogP contribution in [0.1, 0.15) is 59.8 Å². The Labute approximate surface area is 240 Å². The minimum Gasteiger partial charge on any atom is -0.448 e. The van der Waals surface area contributed by atoms with Crippen LogP contribution in [-0.2, 0) is 11.3 Å². The number of benzene rings is 1. The molecule has 8 nitrogen and oxygen atoms in total. The van der Waals surface area contributed by atoms with Crippen molar-refractivity contribution in [2.24, 2.45) is 11.8 Å². The van der Waals surface area contributed by atoms with Gasteiger partial charge in [-0.3, -0.25) is 14.4 Å². The van der Waals surface area contributed by atoms with Crippen molar-refractivity contribution in [2.45, 2.75) is 69.6 Å². The number of carbonyl (C=O) groups is 2. The number of hydrogen-bond acceptors (Lipinski definition) is 6. The van der Waals surface area contributed by atoms with Gasteiger partial charge in [-0.05, 0) is 57.9 Å². The zero-order valence-electron chi connectivity index (χ0n) is 22.8. The quantitative estimate of drug-likeness (QED) is 0.453. The maximum absolute atomic E-state index is 13.2. The fraction of sp³-hybridized carbons (Fsp3) is 0.536. The van der Waals surface area contributed by atoms with Crippen molar-refractivity contribution in [3.05, 3.63) is 49.9 Å². The van der Waals surface area contributed by atoms with E-state index in [9.17, 15) is 23.2 Å². The second-order valence-corrected chi connectivity index (χ2v) is 12.3. The van der Waals surface area contributed by atoms with Gasteiger partial charge in [-0.15, -0.1) is 11.8 Å². The molecule has 0 radical (unpaired) electrons. The molecule has 2 fully saturated rings. The first kappa shape index (κ1) is 28.7. The number of amides is 2. The third-order valence-electron chi connectivity index (χ3n) is 8.14. The van der Waals surface area contributed by atoms with Crippen LogP contribution >= 0.6 is 23.4 Å². The Kier molecular flexibility index (Phi) is 7.58. The minimum atomic E-state index is -2.78. The van der Waals surface area contributed by atoms with E-state index in [-0.39, 0.29) is 34.9 Å². The van der Waals surface area contributed by atoms with E-state index >= 15 is 0 Å². The molecule has 40 heavy (non-hydrogen) atoms. The molecule has 5 rings (SSSR count). The molecule has 2 aromatic rings. The summed E-state index contributed by atoms with van der Waals surface area (Å²) in [5, 5.41) is 3.05. The number of carbonyl (C=O) groups excluding carboxylic acids is 2. The molecular formula is C28H32ClF2N3O5S. The highest BCUT2D eigenvalue weighted by molar-refractivity contribution is 7.98. The van der Waals surface area contributed by atoms with Crippen molar-refractivity contribution in [3.8, 4) is 11.5 Å². The van der Waals surface area contributed by atoms with Crippen molar-refractivity contribution in [1.82, 2.24) is 15.2 Å². The predicted octanol–water partition coefficient (Wildman–Crippen LogP) is 5.07. The predicted molar refractivity (Wildman–Crippen MR) is 148 cm³/mol. The number of pyridine rings is 1. The van der Waals surface area contributed by atoms with Crippen LogP contribution in [0.15, 0.2) is 21.8 Å². The Hall–Kier alpha value is -2.79. The number of rotatable bonds is 6. The van der Waals surface area contributed by atoms with Crippen LogP contribution in [0, 0.1) is 25.7 Å². The summed E-state index contributed by atoms with van der Waals surface area (Å²) in [7, 11) is 0. The Morgan fingerprint density at radius 1 is 1.15 bits per heavy atom. The molecular weight excluding hydrogens is 564 g/mol. The Balaban J connectivity index is 1.26. The van der Waals surface area contributed by atoms with Gasteiger partial charge >= 0.3 is 0 Å². The van der Waals surface area contributed by atoms with E-state index < -0.39 is 30.7 Å². The van der Waals surface area contributed by atoms with Crippen LogP contribution < -0.4 is 20.3 Å². The number of aromatic nitrogens is 1. The van der Waals surface area contributed by atoms with E-state index in [1.807, 2.05) is 19.2 Å². The lowest BCUT2D eigenvalue weighted by atomic mass is 9.77. The number of likely N-dealkylation sites (tertiary alicyclic amines) is 1. The summed E-state index contributed by atoms with van der Waals surface area (Å²) in [6, 6.07) is 3.40. The fourth-order valence-corrected chi connectivity index (χ4v) is 6.78. The summed E-state index contributed by atoms with van der Waals surface area (Å²) in [4.78, 5) is 43.1. The number of fused-ring (bicyclic) bond motifs is 1. The summed E-state index contributed by atoms with van der Waals surface area (Å²) in [5.41, 5.74) is 1.84. The van der Waals surface area contributed by atoms with Crippen molar-refractivity contribution in [2.75, 3.05) is 19.3 Å². The Morgan fingerprint density at radius 2 is 1.80 bits per heavy atom. The highest BCUT2D eigenvalue weighted by atomic mass is 35.5. The molecule has 1 aromatic carbocycles. The highest BCUT2D eigenvalue weighted by Crippen LogP contribution is 2.52. The average molecular weight is 596 g/mol. The summed E-state index contributed by atoms with van der Waals surface area (Å²) >= 11 is 7.99. The normalized spacial score (nSPS) is 24.9. The van der Waals surface area contributed by atoms with Crippen LogP contribution in [0.25, 0.3) is 0 Å². The molecule has 0 bridgehead atoms. The lowest BCUT2D eigenvalue weighted by molar-refractivity contribution is -0.172. The number of H-pyrrole nitrogens is 1. The van der Waals surface area contributed by atoms with Crippen LogP contribution in [0.5, 0.6) is 11.5 Å². The first-order chi connectivity index (χ1) is 18.8. The van der Waals surface area contributed by atoms with Crippen molar-refractivity contribution in [1.29, 1.82) is 0 Å². The van der Waals surface area contributed by atoms with Gasteiger partial charge in [0, 0.05) is 52.6 Å². The topological polar surface area (TPSA) is 101 Å². The lowest BCUT2D eigenvalue weighted by Gasteiger charge is -2.42. The molecule has 0 unspecified atom stereocenters. The van der Waals surface area contributed by atoms with E-state index in [4.69, 9.17) is 21.1 Å². The molecule has 1 aromatic heterocycles. The lowest BCUT2D eigenvalue weighted by Crippen LogP contribution is -2.60. The molecule has 2 amide bonds. The third-order valence-corrected chi connectivity index (χ3v) is 9.23. The Morgan fingerprint density at radius 3 is 2.42 bits per heavy atom. The largest absolute Gasteiger partial charge is 0.448 e. The molecule has 2 aliphatic heterocycles. The van der Waals surface area contributed by atoms with E-state index in [0.29, 0.717) is 53.9 Å². The second-order valence-electron chi connectivity index (χ2n) is 11.0. The first-order valence-electron chi connectivity index (χ1n) is 13.2. The number of halogens is 3. The van der Waals surface area contributed by atoms with Crippen LogP contribution in [0.3, 0.4) is 0 Å². The van der Waals surface area contributed by atoms with Crippen LogP contribution in [0.4, 0.5) is 8.78 Å². The fourth-order valence-electron chi connectivity index (χ4n) is 5.84. The summed E-state index contributed by atoms with van der Waals surface area (Å²) in [6.45, 7) is 4.42. The third kappa shape index (κ3) is 5.30. The Bertz CT molecular complexity index is 1420. The number of aromatic amines is 1. The summed E-state index contributed by atoms with van der Waals surface area (Å²) in [6.07, 6.45) is 4.23. The maximum atomic E-state index is 13.2. The van der Waals surface area contributed by atoms with E-state index in [0.717, 1.165) is 10.6 Å². The number of hydrogen-bond donors (Lipinski definition) is 2. The van der Waals surface area contributed by atoms with Gasteiger partial charge in [0.1, 0.15) is 0 Å². The van der Waals surface area contributed by atoms with Gasteiger partial charge in [0.2, 0.25) is 5.91 Å². The van der Waals surface area contributed by atoms with Gasteiger partial charge in [-0.25, -0.2) is 8.78 Å². The van der Waals surface area contributed by atoms with Gasteiger partial charge in [0.15, 0.2) is 11.5 Å². The van der Waals surface area contributed by atoms with Gasteiger partial charge in [0.25, 0.3) is 23.2 Å². The van der Waals surface area contributed by atoms with Crippen molar-refractivity contribution < 1.29 is 27.8 Å². The zero-order chi connectivity index (χ0) is 29.0. The molecule has 3 heterocycles. The molecule has 2 N–H and O–H groups in total. The van der Waals surface area contributed by atoms with E-state index in [2.05, 4.69) is 10.3 Å². The molecule has 3 aliphatic rings. The summed E-state index contributed by atoms with van der Waals surface area (Å²) in [5.74, 6) is -4.04. The van der Waals surface area contributed by atoms with Crippen molar-refractivity contribution >= 4 is 35.2 Å². The van der Waals surface area contributed by atoms with Crippen molar-refractivity contribution in [3.63, 3.8) is 0 Å². The minimum absolute atomic E-state index is 0.0465. The second kappa shape index (κ2) is 10.6. The van der Waals surface area contributed by atoms with E-state index in [1.165, 1.54) is 22.7 Å². The van der Waals surface area contributed by atoms with Crippen LogP contribution in [-0.4, -0.2) is 52.8 Å². The maximum Gasteiger partial charge on any atom is 0.282 e. The standard InChI is InChI=1S/C28H32ClF2N3O5S/c1-14-9-21(40-4)19(25(36)33-14)11-32-24(35)18-10-20(29)23-22(15(18)2)38-27(3,39-23)17-7-5-16(6-8-17)26(37)34-12-28(30,31)13-34/h9-10,16-17H,5-8,11-13H2,1-4H3,(H,32,35)(H,33,36)/t16-,17+,27-/m0/s1. The first-order valence-corrected chi connectivity index (χ1v) is 14.8. The molecule has 1 saturated heterocycles. The number of ether oxygens (including phenoxy) is 2. The van der Waals surface area contributed by atoms with E-state index in [1.54, 1.807) is 13.8 Å². The SMILES string of the molecule is CSc1cc(C)[nH]c(=O)c1CNC(=O)c1cc(Cl)c2c(c1C)O[C@](C)([C@H]1CC[C@@H](C(=O)N3CC(F)(F)C3)CC1)O2. The smallest absolute Gasteiger partial charge is 0.282 e. The number of nitrogens with one attached hydrogen (secondary N) is 2. The molecule has 216 valence electrons.